The lowest BCUT2D eigenvalue weighted by Crippen LogP contribution is -2.46. The Labute approximate surface area is 108 Å². The Hall–Kier alpha value is -1.84. The lowest BCUT2D eigenvalue weighted by Gasteiger charge is -2.26. The normalized spacial score (nSPS) is 12.8. The van der Waals surface area contributed by atoms with Crippen molar-refractivity contribution in [2.45, 2.75) is 33.2 Å². The maximum absolute atomic E-state index is 12.1. The molecule has 98 valence electrons. The molecule has 0 radical (unpaired) electrons. The van der Waals surface area contributed by atoms with Crippen LogP contribution in [0.15, 0.2) is 30.3 Å². The molecule has 4 N–H and O–H groups in total. The van der Waals surface area contributed by atoms with Gasteiger partial charge in [-0.05, 0) is 25.8 Å². The second kappa shape index (κ2) is 5.67. The van der Waals surface area contributed by atoms with Gasteiger partial charge in [0.1, 0.15) is 11.3 Å². The van der Waals surface area contributed by atoms with Crippen molar-refractivity contribution < 1.29 is 4.79 Å². The molecule has 1 atom stereocenters. The third-order valence-electron chi connectivity index (χ3n) is 3.16. The summed E-state index contributed by atoms with van der Waals surface area (Å²) >= 11 is 0. The molecule has 0 aliphatic rings. The predicted molar refractivity (Wildman–Crippen MR) is 73.3 cm³/mol. The number of rotatable bonds is 5. The van der Waals surface area contributed by atoms with E-state index < -0.39 is 5.41 Å². The van der Waals surface area contributed by atoms with Gasteiger partial charge in [-0.25, -0.2) is 0 Å². The summed E-state index contributed by atoms with van der Waals surface area (Å²) in [6, 6.07) is 9.75. The third-order valence-corrected chi connectivity index (χ3v) is 3.16. The molecule has 0 fully saturated rings. The van der Waals surface area contributed by atoms with Crippen LogP contribution in [-0.4, -0.2) is 11.7 Å². The van der Waals surface area contributed by atoms with E-state index in [9.17, 15) is 4.79 Å². The summed E-state index contributed by atoms with van der Waals surface area (Å²) in [5.74, 6) is -0.339. The van der Waals surface area contributed by atoms with E-state index in [1.165, 1.54) is 0 Å². The van der Waals surface area contributed by atoms with Crippen LogP contribution in [0.3, 0.4) is 0 Å². The Morgan fingerprint density at radius 2 is 1.94 bits per heavy atom. The second-order valence-electron chi connectivity index (χ2n) is 4.88. The summed E-state index contributed by atoms with van der Waals surface area (Å²) in [5.41, 5.74) is 5.54. The van der Waals surface area contributed by atoms with Crippen molar-refractivity contribution in [3.8, 4) is 0 Å². The number of carbonyl (C=O) groups is 1. The smallest absolute Gasteiger partial charge is 0.233 e. The molecule has 0 saturated heterocycles. The number of benzene rings is 1. The molecule has 0 unspecified atom stereocenters. The molecule has 1 aromatic rings. The Morgan fingerprint density at radius 3 is 2.39 bits per heavy atom. The van der Waals surface area contributed by atoms with Gasteiger partial charge in [0, 0.05) is 0 Å². The van der Waals surface area contributed by atoms with Crippen LogP contribution < -0.4 is 11.1 Å². The van der Waals surface area contributed by atoms with E-state index in [2.05, 4.69) is 5.32 Å². The minimum absolute atomic E-state index is 0.0441. The average Bonchev–Trinajstić information content (AvgIpc) is 2.36. The molecule has 18 heavy (non-hydrogen) atoms. The fraction of sp³-hybridized carbons (Fsp3) is 0.429. The van der Waals surface area contributed by atoms with Gasteiger partial charge in [-0.1, -0.05) is 37.3 Å². The van der Waals surface area contributed by atoms with Crippen molar-refractivity contribution in [3.63, 3.8) is 0 Å². The van der Waals surface area contributed by atoms with Gasteiger partial charge in [0.05, 0.1) is 6.04 Å². The van der Waals surface area contributed by atoms with Crippen molar-refractivity contribution in [2.75, 3.05) is 0 Å². The number of carbonyl (C=O) groups excluding carboxylic acids is 1. The SMILES string of the molecule is CC[C@@H](NC(=O)C(C)(C)C(=N)N)c1ccccc1. The molecular weight excluding hydrogens is 226 g/mol. The second-order valence-corrected chi connectivity index (χ2v) is 4.88. The van der Waals surface area contributed by atoms with Gasteiger partial charge >= 0.3 is 0 Å². The van der Waals surface area contributed by atoms with Crippen LogP contribution in [-0.2, 0) is 4.79 Å². The summed E-state index contributed by atoms with van der Waals surface area (Å²) in [7, 11) is 0. The highest BCUT2D eigenvalue weighted by molar-refractivity contribution is 6.04. The Bertz CT molecular complexity index is 426. The Kier molecular flexibility index (Phi) is 4.48. The molecule has 0 saturated carbocycles. The number of amidine groups is 1. The monoisotopic (exact) mass is 247 g/mol. The van der Waals surface area contributed by atoms with Gasteiger partial charge in [0.25, 0.3) is 0 Å². The quantitative estimate of drug-likeness (QED) is 0.551. The summed E-state index contributed by atoms with van der Waals surface area (Å²) in [6.45, 7) is 5.32. The first-order valence-electron chi connectivity index (χ1n) is 6.10. The first kappa shape index (κ1) is 14.2. The summed E-state index contributed by atoms with van der Waals surface area (Å²) in [5, 5.41) is 10.4. The minimum Gasteiger partial charge on any atom is -0.387 e. The van der Waals surface area contributed by atoms with Crippen LogP contribution in [0.4, 0.5) is 0 Å². The molecule has 0 aliphatic carbocycles. The molecule has 0 aliphatic heterocycles. The van der Waals surface area contributed by atoms with Gasteiger partial charge in [-0.3, -0.25) is 10.2 Å². The van der Waals surface area contributed by atoms with E-state index in [0.29, 0.717) is 0 Å². The maximum Gasteiger partial charge on any atom is 0.233 e. The lowest BCUT2D eigenvalue weighted by atomic mass is 9.90. The zero-order valence-electron chi connectivity index (χ0n) is 11.2. The molecule has 1 amide bonds. The van der Waals surface area contributed by atoms with Crippen LogP contribution >= 0.6 is 0 Å². The summed E-state index contributed by atoms with van der Waals surface area (Å²) in [4.78, 5) is 12.1. The molecular formula is C14H21N3O. The number of amides is 1. The van der Waals surface area contributed by atoms with E-state index in [1.807, 2.05) is 37.3 Å². The van der Waals surface area contributed by atoms with Gasteiger partial charge in [-0.2, -0.15) is 0 Å². The van der Waals surface area contributed by atoms with Gasteiger partial charge < -0.3 is 11.1 Å². The lowest BCUT2D eigenvalue weighted by molar-refractivity contribution is -0.127. The largest absolute Gasteiger partial charge is 0.387 e. The van der Waals surface area contributed by atoms with E-state index in [-0.39, 0.29) is 17.8 Å². The van der Waals surface area contributed by atoms with Crippen molar-refractivity contribution in [3.05, 3.63) is 35.9 Å². The van der Waals surface area contributed by atoms with E-state index >= 15 is 0 Å². The first-order valence-corrected chi connectivity index (χ1v) is 6.10. The molecule has 0 spiro atoms. The van der Waals surface area contributed by atoms with Crippen molar-refractivity contribution in [2.24, 2.45) is 11.1 Å². The fourth-order valence-electron chi connectivity index (χ4n) is 1.57. The van der Waals surface area contributed by atoms with Gasteiger partial charge in [0.15, 0.2) is 0 Å². The predicted octanol–water partition coefficient (Wildman–Crippen LogP) is 2.22. The molecule has 1 rings (SSSR count). The van der Waals surface area contributed by atoms with Crippen LogP contribution in [0.2, 0.25) is 0 Å². The Balaban J connectivity index is 2.82. The summed E-state index contributed by atoms with van der Waals surface area (Å²) in [6.07, 6.45) is 0.795. The van der Waals surface area contributed by atoms with Crippen molar-refractivity contribution in [1.82, 2.24) is 5.32 Å². The molecule has 0 aromatic heterocycles. The number of hydrogen-bond donors (Lipinski definition) is 3. The van der Waals surface area contributed by atoms with Crippen LogP contribution in [0.25, 0.3) is 0 Å². The number of nitrogens with two attached hydrogens (primary N) is 1. The minimum atomic E-state index is -0.970. The van der Waals surface area contributed by atoms with Gasteiger partial charge in [0.2, 0.25) is 5.91 Å². The highest BCUT2D eigenvalue weighted by atomic mass is 16.2. The van der Waals surface area contributed by atoms with Crippen LogP contribution in [0.1, 0.15) is 38.8 Å². The Morgan fingerprint density at radius 1 is 1.39 bits per heavy atom. The molecule has 1 aromatic carbocycles. The molecule has 4 heteroatoms. The zero-order valence-corrected chi connectivity index (χ0v) is 11.2. The average molecular weight is 247 g/mol. The first-order chi connectivity index (χ1) is 8.39. The highest BCUT2D eigenvalue weighted by Gasteiger charge is 2.32. The number of hydrogen-bond acceptors (Lipinski definition) is 2. The number of nitrogens with one attached hydrogen (secondary N) is 2. The van der Waals surface area contributed by atoms with E-state index in [0.717, 1.165) is 12.0 Å². The summed E-state index contributed by atoms with van der Waals surface area (Å²) < 4.78 is 0. The standard InChI is InChI=1S/C14H21N3O/c1-4-11(10-8-6-5-7-9-10)17-13(18)14(2,3)12(15)16/h5-9,11H,4H2,1-3H3,(H3,15,16)(H,17,18)/t11-/m1/s1. The molecule has 0 heterocycles. The molecule has 4 nitrogen and oxygen atoms in total. The molecule has 0 bridgehead atoms. The van der Waals surface area contributed by atoms with Gasteiger partial charge in [-0.15, -0.1) is 0 Å². The van der Waals surface area contributed by atoms with Crippen molar-refractivity contribution in [1.29, 1.82) is 5.41 Å². The maximum atomic E-state index is 12.1. The van der Waals surface area contributed by atoms with Crippen molar-refractivity contribution >= 4 is 11.7 Å². The topological polar surface area (TPSA) is 79.0 Å². The van der Waals surface area contributed by atoms with E-state index in [1.54, 1.807) is 13.8 Å². The third kappa shape index (κ3) is 3.09. The fourth-order valence-corrected chi connectivity index (χ4v) is 1.57. The zero-order chi connectivity index (χ0) is 13.8. The van der Waals surface area contributed by atoms with Crippen LogP contribution in [0.5, 0.6) is 0 Å². The van der Waals surface area contributed by atoms with E-state index in [4.69, 9.17) is 11.1 Å². The highest BCUT2D eigenvalue weighted by Crippen LogP contribution is 2.20. The van der Waals surface area contributed by atoms with Crippen LogP contribution in [0, 0.1) is 10.8 Å².